The summed E-state index contributed by atoms with van der Waals surface area (Å²) in [6.07, 6.45) is 1.10. The van der Waals surface area contributed by atoms with E-state index >= 15 is 0 Å². The summed E-state index contributed by atoms with van der Waals surface area (Å²) in [7, 11) is 0. The van der Waals surface area contributed by atoms with E-state index < -0.39 is 0 Å². The largest absolute Gasteiger partial charge is 0.313 e. The van der Waals surface area contributed by atoms with Gasteiger partial charge in [-0.2, -0.15) is 5.06 Å². The standard InChI is InChI=1S/C8H17NO/c1-6-5-7(2)9(10)8(6,3)4/h6-7,10H,5H2,1-4H3. The average Bonchev–Trinajstić information content (AvgIpc) is 1.97. The molecule has 0 aliphatic carbocycles. The Morgan fingerprint density at radius 1 is 1.40 bits per heavy atom. The summed E-state index contributed by atoms with van der Waals surface area (Å²) in [4.78, 5) is 0. The Labute approximate surface area is 62.8 Å². The molecule has 1 N–H and O–H groups in total. The summed E-state index contributed by atoms with van der Waals surface area (Å²) in [6, 6.07) is 0.324. The molecule has 60 valence electrons. The van der Waals surface area contributed by atoms with Crippen LogP contribution in [0.2, 0.25) is 0 Å². The molecule has 1 fully saturated rings. The Balaban J connectivity index is 2.75. The highest BCUT2D eigenvalue weighted by molar-refractivity contribution is 4.92. The first kappa shape index (κ1) is 8.02. The minimum atomic E-state index is -0.0284. The second-order valence-corrected chi connectivity index (χ2v) is 3.98. The Bertz CT molecular complexity index is 133. The van der Waals surface area contributed by atoms with Gasteiger partial charge in [-0.15, -0.1) is 0 Å². The predicted octanol–water partition coefficient (Wildman–Crippen LogP) is 1.88. The molecule has 0 spiro atoms. The summed E-state index contributed by atoms with van der Waals surface area (Å²) in [5.74, 6) is 0.590. The van der Waals surface area contributed by atoms with Gasteiger partial charge in [-0.25, -0.2) is 0 Å². The summed E-state index contributed by atoms with van der Waals surface area (Å²) in [6.45, 7) is 8.42. The van der Waals surface area contributed by atoms with Crippen LogP contribution in [0, 0.1) is 5.92 Å². The van der Waals surface area contributed by atoms with E-state index in [1.807, 2.05) is 0 Å². The van der Waals surface area contributed by atoms with Gasteiger partial charge in [0.2, 0.25) is 0 Å². The third-order valence-electron chi connectivity index (χ3n) is 2.91. The summed E-state index contributed by atoms with van der Waals surface area (Å²) in [5, 5.41) is 11.0. The van der Waals surface area contributed by atoms with Gasteiger partial charge in [0, 0.05) is 11.6 Å². The molecule has 0 saturated carbocycles. The summed E-state index contributed by atoms with van der Waals surface area (Å²) in [5.41, 5.74) is -0.0284. The summed E-state index contributed by atoms with van der Waals surface area (Å²) >= 11 is 0. The lowest BCUT2D eigenvalue weighted by Gasteiger charge is -2.30. The van der Waals surface area contributed by atoms with Gasteiger partial charge in [0.05, 0.1) is 0 Å². The molecule has 10 heavy (non-hydrogen) atoms. The molecule has 2 nitrogen and oxygen atoms in total. The molecular formula is C8H17NO. The number of hydrogen-bond acceptors (Lipinski definition) is 2. The normalized spacial score (nSPS) is 40.5. The van der Waals surface area contributed by atoms with Gasteiger partial charge in [0.25, 0.3) is 0 Å². The Morgan fingerprint density at radius 3 is 2.00 bits per heavy atom. The van der Waals surface area contributed by atoms with Crippen LogP contribution < -0.4 is 0 Å². The van der Waals surface area contributed by atoms with Crippen LogP contribution >= 0.6 is 0 Å². The van der Waals surface area contributed by atoms with Crippen LogP contribution in [0.1, 0.15) is 34.1 Å². The van der Waals surface area contributed by atoms with Gasteiger partial charge in [0.15, 0.2) is 0 Å². The van der Waals surface area contributed by atoms with E-state index in [1.54, 1.807) is 0 Å². The van der Waals surface area contributed by atoms with Gasteiger partial charge >= 0.3 is 0 Å². The zero-order valence-electron chi connectivity index (χ0n) is 7.26. The first-order valence-electron chi connectivity index (χ1n) is 3.94. The molecule has 1 aliphatic rings. The maximum Gasteiger partial charge on any atom is 0.0433 e. The van der Waals surface area contributed by atoms with Gasteiger partial charge in [-0.1, -0.05) is 6.92 Å². The molecule has 2 atom stereocenters. The zero-order valence-corrected chi connectivity index (χ0v) is 7.26. The van der Waals surface area contributed by atoms with Crippen molar-refractivity contribution in [2.24, 2.45) is 5.92 Å². The van der Waals surface area contributed by atoms with Crippen LogP contribution in [-0.4, -0.2) is 21.9 Å². The molecule has 2 unspecified atom stereocenters. The highest BCUT2D eigenvalue weighted by Crippen LogP contribution is 2.36. The smallest absolute Gasteiger partial charge is 0.0433 e. The molecule has 2 heteroatoms. The van der Waals surface area contributed by atoms with E-state index in [0.717, 1.165) is 6.42 Å². The number of hydroxylamine groups is 2. The van der Waals surface area contributed by atoms with E-state index in [9.17, 15) is 5.21 Å². The van der Waals surface area contributed by atoms with E-state index in [0.29, 0.717) is 12.0 Å². The van der Waals surface area contributed by atoms with E-state index in [4.69, 9.17) is 0 Å². The SMILES string of the molecule is CC1CC(C)C(C)(C)N1O. The monoisotopic (exact) mass is 143 g/mol. The van der Waals surface area contributed by atoms with Crippen molar-refractivity contribution in [3.8, 4) is 0 Å². The fourth-order valence-corrected chi connectivity index (χ4v) is 1.69. The summed E-state index contributed by atoms with van der Waals surface area (Å²) < 4.78 is 0. The predicted molar refractivity (Wildman–Crippen MR) is 40.9 cm³/mol. The van der Waals surface area contributed by atoms with Crippen LogP contribution in [0.5, 0.6) is 0 Å². The first-order chi connectivity index (χ1) is 4.46. The zero-order chi connectivity index (χ0) is 7.94. The van der Waals surface area contributed by atoms with Crippen molar-refractivity contribution >= 4 is 0 Å². The molecule has 0 bridgehead atoms. The van der Waals surface area contributed by atoms with Gasteiger partial charge in [-0.05, 0) is 33.1 Å². The lowest BCUT2D eigenvalue weighted by atomic mass is 9.91. The minimum Gasteiger partial charge on any atom is -0.313 e. The van der Waals surface area contributed by atoms with Gasteiger partial charge in [-0.3, -0.25) is 0 Å². The molecular weight excluding hydrogens is 126 g/mol. The van der Waals surface area contributed by atoms with Crippen LogP contribution in [0.3, 0.4) is 0 Å². The van der Waals surface area contributed by atoms with Crippen molar-refractivity contribution in [1.29, 1.82) is 0 Å². The molecule has 1 aliphatic heterocycles. The van der Waals surface area contributed by atoms with E-state index in [2.05, 4.69) is 27.7 Å². The maximum atomic E-state index is 9.53. The lowest BCUT2D eigenvalue weighted by molar-refractivity contribution is -0.165. The highest BCUT2D eigenvalue weighted by atomic mass is 16.5. The fraction of sp³-hybridized carbons (Fsp3) is 1.00. The maximum absolute atomic E-state index is 9.53. The number of nitrogens with zero attached hydrogens (tertiary/aromatic N) is 1. The van der Waals surface area contributed by atoms with Crippen LogP contribution in [0.25, 0.3) is 0 Å². The molecule has 1 saturated heterocycles. The van der Waals surface area contributed by atoms with Crippen LogP contribution in [-0.2, 0) is 0 Å². The van der Waals surface area contributed by atoms with Crippen molar-refractivity contribution in [1.82, 2.24) is 5.06 Å². The van der Waals surface area contributed by atoms with Crippen LogP contribution in [0.15, 0.2) is 0 Å². The number of rotatable bonds is 0. The lowest BCUT2D eigenvalue weighted by Crippen LogP contribution is -2.41. The van der Waals surface area contributed by atoms with Gasteiger partial charge in [0.1, 0.15) is 0 Å². The average molecular weight is 143 g/mol. The van der Waals surface area contributed by atoms with Crippen molar-refractivity contribution in [2.75, 3.05) is 0 Å². The van der Waals surface area contributed by atoms with Crippen molar-refractivity contribution in [3.63, 3.8) is 0 Å². The quantitative estimate of drug-likeness (QED) is 0.559. The van der Waals surface area contributed by atoms with E-state index in [-0.39, 0.29) is 5.54 Å². The van der Waals surface area contributed by atoms with Crippen molar-refractivity contribution < 1.29 is 5.21 Å². The second kappa shape index (κ2) is 2.21. The Hall–Kier alpha value is -0.0800. The minimum absolute atomic E-state index is 0.0284. The topological polar surface area (TPSA) is 23.5 Å². The third kappa shape index (κ3) is 0.956. The second-order valence-electron chi connectivity index (χ2n) is 3.98. The molecule has 0 radical (unpaired) electrons. The molecule has 1 rings (SSSR count). The van der Waals surface area contributed by atoms with E-state index in [1.165, 1.54) is 5.06 Å². The molecule has 1 heterocycles. The van der Waals surface area contributed by atoms with Gasteiger partial charge < -0.3 is 5.21 Å². The third-order valence-corrected chi connectivity index (χ3v) is 2.91. The van der Waals surface area contributed by atoms with Crippen LogP contribution in [0.4, 0.5) is 0 Å². The molecule has 0 amide bonds. The molecule has 0 aromatic carbocycles. The van der Waals surface area contributed by atoms with Crippen molar-refractivity contribution in [2.45, 2.75) is 45.7 Å². The highest BCUT2D eigenvalue weighted by Gasteiger charge is 2.42. The Kier molecular flexibility index (Phi) is 1.77. The fourth-order valence-electron chi connectivity index (χ4n) is 1.69. The molecule has 0 aromatic heterocycles. The first-order valence-corrected chi connectivity index (χ1v) is 3.94. The Morgan fingerprint density at radius 2 is 1.90 bits per heavy atom. The van der Waals surface area contributed by atoms with Crippen molar-refractivity contribution in [3.05, 3.63) is 0 Å². The molecule has 0 aromatic rings. The number of hydrogen-bond donors (Lipinski definition) is 1.